The zero-order valence-electron chi connectivity index (χ0n) is 18.3. The fourth-order valence-electron chi connectivity index (χ4n) is 4.84. The molecule has 2 N–H and O–H groups in total. The van der Waals surface area contributed by atoms with E-state index in [9.17, 15) is 4.79 Å². The Morgan fingerprint density at radius 2 is 1.62 bits per heavy atom. The van der Waals surface area contributed by atoms with E-state index >= 15 is 0 Å². The molecule has 0 radical (unpaired) electrons. The van der Waals surface area contributed by atoms with Crippen LogP contribution in [0.15, 0.2) is 55.0 Å². The molecule has 32 heavy (non-hydrogen) atoms. The van der Waals surface area contributed by atoms with Crippen LogP contribution in [0.3, 0.4) is 0 Å². The maximum Gasteiger partial charge on any atom is 0.240 e. The molecule has 2 aromatic heterocycles. The Labute approximate surface area is 188 Å². The molecule has 2 aliphatic heterocycles. The van der Waals surface area contributed by atoms with Gasteiger partial charge in [0.25, 0.3) is 0 Å². The summed E-state index contributed by atoms with van der Waals surface area (Å²) in [6.45, 7) is 2.40. The second-order valence-corrected chi connectivity index (χ2v) is 8.80. The number of nitrogens with zero attached hydrogens (tertiary/aromatic N) is 5. The molecule has 2 aliphatic rings. The number of carbonyl (C=O) groups excluding carboxylic acids is 1. The highest BCUT2D eigenvalue weighted by molar-refractivity contribution is 5.82. The molecule has 1 fully saturated rings. The van der Waals surface area contributed by atoms with Crippen molar-refractivity contribution in [2.24, 2.45) is 0 Å². The molecule has 1 amide bonds. The third kappa shape index (κ3) is 4.08. The Morgan fingerprint density at radius 1 is 0.938 bits per heavy atom. The van der Waals surface area contributed by atoms with E-state index in [0.717, 1.165) is 55.7 Å². The van der Waals surface area contributed by atoms with E-state index in [2.05, 4.69) is 58.3 Å². The van der Waals surface area contributed by atoms with Gasteiger partial charge >= 0.3 is 0 Å². The lowest BCUT2D eigenvalue weighted by Gasteiger charge is -2.39. The zero-order chi connectivity index (χ0) is 22.1. The van der Waals surface area contributed by atoms with Crippen LogP contribution in [0.25, 0.3) is 11.1 Å². The number of carbonyl (C=O) groups is 1. The van der Waals surface area contributed by atoms with Crippen LogP contribution in [0, 0.1) is 0 Å². The summed E-state index contributed by atoms with van der Waals surface area (Å²) in [5, 5.41) is 0. The standard InChI is InChI=1S/C25H28N6O/c1-30-16-20-5-3-2-4-18(20)12-23(30)24(32)31-10-8-17(9-11-31)22-7-6-19(13-27-22)21-14-28-25(26)29-15-21/h2-7,13-15,17,23H,8-12,16H2,1H3,(H2,26,28,29). The van der Waals surface area contributed by atoms with Crippen molar-refractivity contribution in [1.29, 1.82) is 0 Å². The monoisotopic (exact) mass is 428 g/mol. The van der Waals surface area contributed by atoms with E-state index in [4.69, 9.17) is 10.7 Å². The van der Waals surface area contributed by atoms with Crippen LogP contribution in [-0.4, -0.2) is 56.8 Å². The third-order valence-electron chi connectivity index (χ3n) is 6.78. The van der Waals surface area contributed by atoms with Gasteiger partial charge in [-0.2, -0.15) is 0 Å². The molecule has 1 aromatic carbocycles. The summed E-state index contributed by atoms with van der Waals surface area (Å²) >= 11 is 0. The van der Waals surface area contributed by atoms with Crippen molar-refractivity contribution < 1.29 is 4.79 Å². The van der Waals surface area contributed by atoms with E-state index < -0.39 is 0 Å². The number of rotatable bonds is 3. The summed E-state index contributed by atoms with van der Waals surface area (Å²) in [4.78, 5) is 30.3. The van der Waals surface area contributed by atoms with Gasteiger partial charge in [-0.3, -0.25) is 14.7 Å². The minimum absolute atomic E-state index is 0.0685. The van der Waals surface area contributed by atoms with Crippen molar-refractivity contribution in [2.45, 2.75) is 37.8 Å². The number of likely N-dealkylation sites (N-methyl/N-ethyl adjacent to an activating group) is 1. The molecular weight excluding hydrogens is 400 g/mol. The highest BCUT2D eigenvalue weighted by atomic mass is 16.2. The molecule has 0 aliphatic carbocycles. The van der Waals surface area contributed by atoms with Gasteiger partial charge in [-0.25, -0.2) is 9.97 Å². The Kier molecular flexibility index (Phi) is 5.57. The Morgan fingerprint density at radius 3 is 2.31 bits per heavy atom. The number of anilines is 1. The number of hydrogen-bond acceptors (Lipinski definition) is 6. The predicted molar refractivity (Wildman–Crippen MR) is 124 cm³/mol. The van der Waals surface area contributed by atoms with Crippen LogP contribution in [0.2, 0.25) is 0 Å². The number of likely N-dealkylation sites (tertiary alicyclic amines) is 1. The maximum atomic E-state index is 13.3. The summed E-state index contributed by atoms with van der Waals surface area (Å²) in [5.41, 5.74) is 11.2. The van der Waals surface area contributed by atoms with Crippen LogP contribution in [0.1, 0.15) is 35.6 Å². The molecule has 3 aromatic rings. The lowest BCUT2D eigenvalue weighted by Crippen LogP contribution is -2.51. The second kappa shape index (κ2) is 8.67. The zero-order valence-corrected chi connectivity index (χ0v) is 18.3. The molecule has 0 spiro atoms. The SMILES string of the molecule is CN1Cc2ccccc2CC1C(=O)N1CCC(c2ccc(-c3cnc(N)nc3)cn2)CC1. The molecule has 7 heteroatoms. The number of piperidine rings is 1. The topological polar surface area (TPSA) is 88.2 Å². The summed E-state index contributed by atoms with van der Waals surface area (Å²) in [7, 11) is 2.06. The van der Waals surface area contributed by atoms with Crippen molar-refractivity contribution in [1.82, 2.24) is 24.8 Å². The average molecular weight is 429 g/mol. The lowest BCUT2D eigenvalue weighted by molar-refractivity contribution is -0.138. The number of benzene rings is 1. The Balaban J connectivity index is 1.21. The van der Waals surface area contributed by atoms with Crippen LogP contribution in [0.5, 0.6) is 0 Å². The van der Waals surface area contributed by atoms with Gasteiger partial charge < -0.3 is 10.6 Å². The van der Waals surface area contributed by atoms with Crippen LogP contribution < -0.4 is 5.73 Å². The van der Waals surface area contributed by atoms with E-state index in [-0.39, 0.29) is 17.9 Å². The highest BCUT2D eigenvalue weighted by Gasteiger charge is 2.34. The molecular formula is C25H28N6O. The first kappa shape index (κ1) is 20.6. The lowest BCUT2D eigenvalue weighted by atomic mass is 9.90. The molecule has 0 bridgehead atoms. The normalized spacial score (nSPS) is 19.5. The van der Waals surface area contributed by atoms with Crippen LogP contribution >= 0.6 is 0 Å². The summed E-state index contributed by atoms with van der Waals surface area (Å²) in [6, 6.07) is 12.5. The molecule has 7 nitrogen and oxygen atoms in total. The second-order valence-electron chi connectivity index (χ2n) is 8.80. The molecule has 1 unspecified atom stereocenters. The molecule has 1 saturated heterocycles. The van der Waals surface area contributed by atoms with Crippen molar-refractivity contribution in [3.05, 3.63) is 71.8 Å². The fraction of sp³-hybridized carbons (Fsp3) is 0.360. The van der Waals surface area contributed by atoms with Gasteiger partial charge in [0.2, 0.25) is 11.9 Å². The number of pyridine rings is 1. The number of nitrogens with two attached hydrogens (primary N) is 1. The first-order valence-corrected chi connectivity index (χ1v) is 11.2. The van der Waals surface area contributed by atoms with Gasteiger partial charge in [0.15, 0.2) is 0 Å². The Bertz CT molecular complexity index is 1090. The van der Waals surface area contributed by atoms with E-state index in [1.165, 1.54) is 11.1 Å². The summed E-state index contributed by atoms with van der Waals surface area (Å²) in [6.07, 6.45) is 7.97. The van der Waals surface area contributed by atoms with Gasteiger partial charge in [-0.05, 0) is 43.5 Å². The summed E-state index contributed by atoms with van der Waals surface area (Å²) < 4.78 is 0. The number of fused-ring (bicyclic) bond motifs is 1. The van der Waals surface area contributed by atoms with E-state index in [1.807, 2.05) is 11.1 Å². The number of amides is 1. The molecule has 164 valence electrons. The predicted octanol–water partition coefficient (Wildman–Crippen LogP) is 2.88. The Hall–Kier alpha value is -3.32. The van der Waals surface area contributed by atoms with Gasteiger partial charge in [-0.15, -0.1) is 0 Å². The largest absolute Gasteiger partial charge is 0.368 e. The van der Waals surface area contributed by atoms with E-state index in [1.54, 1.807) is 12.4 Å². The molecule has 0 saturated carbocycles. The van der Waals surface area contributed by atoms with Crippen molar-refractivity contribution in [2.75, 3.05) is 25.9 Å². The van der Waals surface area contributed by atoms with Crippen molar-refractivity contribution in [3.8, 4) is 11.1 Å². The van der Waals surface area contributed by atoms with Gasteiger partial charge in [0.05, 0.1) is 6.04 Å². The quantitative estimate of drug-likeness (QED) is 0.690. The van der Waals surface area contributed by atoms with Gasteiger partial charge in [0, 0.05) is 61.0 Å². The van der Waals surface area contributed by atoms with Crippen LogP contribution in [-0.2, 0) is 17.8 Å². The number of nitrogen functional groups attached to an aromatic ring is 1. The molecule has 5 rings (SSSR count). The minimum Gasteiger partial charge on any atom is -0.368 e. The smallest absolute Gasteiger partial charge is 0.240 e. The third-order valence-corrected chi connectivity index (χ3v) is 6.78. The average Bonchev–Trinajstić information content (AvgIpc) is 2.84. The van der Waals surface area contributed by atoms with E-state index in [0.29, 0.717) is 5.92 Å². The van der Waals surface area contributed by atoms with Gasteiger partial charge in [-0.1, -0.05) is 30.3 Å². The number of aromatic nitrogens is 3. The van der Waals surface area contributed by atoms with Gasteiger partial charge in [0.1, 0.15) is 0 Å². The van der Waals surface area contributed by atoms with Crippen molar-refractivity contribution in [3.63, 3.8) is 0 Å². The molecule has 1 atom stereocenters. The molecule has 4 heterocycles. The van der Waals surface area contributed by atoms with Crippen molar-refractivity contribution >= 4 is 11.9 Å². The van der Waals surface area contributed by atoms with Crippen LogP contribution in [0.4, 0.5) is 5.95 Å². The first-order chi connectivity index (χ1) is 15.6. The highest BCUT2D eigenvalue weighted by Crippen LogP contribution is 2.30. The number of hydrogen-bond donors (Lipinski definition) is 1. The minimum atomic E-state index is -0.0685. The summed E-state index contributed by atoms with van der Waals surface area (Å²) in [5.74, 6) is 0.899. The fourth-order valence-corrected chi connectivity index (χ4v) is 4.84. The maximum absolute atomic E-state index is 13.3. The first-order valence-electron chi connectivity index (χ1n) is 11.2.